The number of esters is 1. The first-order valence-electron chi connectivity index (χ1n) is 11.4. The molecule has 5 heteroatoms. The lowest BCUT2D eigenvalue weighted by molar-refractivity contribution is -0.141. The SMILES string of the molecule is COC(=O)CCOCC(Cc1ccc(C)cc1)Nc1ccccc1NCc1ccc(C)cc1. The van der Waals surface area contributed by atoms with Crippen molar-refractivity contribution in [2.75, 3.05) is 31.0 Å². The number of hydrogen-bond donors (Lipinski definition) is 2. The Kier molecular flexibility index (Phi) is 9.33. The lowest BCUT2D eigenvalue weighted by Crippen LogP contribution is -2.29. The summed E-state index contributed by atoms with van der Waals surface area (Å²) in [6.45, 7) is 5.75. The van der Waals surface area contributed by atoms with E-state index in [2.05, 4.69) is 85.1 Å². The summed E-state index contributed by atoms with van der Waals surface area (Å²) in [7, 11) is 1.39. The largest absolute Gasteiger partial charge is 0.469 e. The molecule has 0 radical (unpaired) electrons. The van der Waals surface area contributed by atoms with Crippen molar-refractivity contribution in [3.8, 4) is 0 Å². The van der Waals surface area contributed by atoms with Gasteiger partial charge in [-0.05, 0) is 43.5 Å². The fourth-order valence-electron chi connectivity index (χ4n) is 3.53. The topological polar surface area (TPSA) is 59.6 Å². The van der Waals surface area contributed by atoms with Crippen LogP contribution in [0, 0.1) is 13.8 Å². The molecule has 0 aromatic heterocycles. The van der Waals surface area contributed by atoms with Crippen LogP contribution in [-0.4, -0.2) is 32.3 Å². The molecule has 1 unspecified atom stereocenters. The van der Waals surface area contributed by atoms with E-state index >= 15 is 0 Å². The number of anilines is 2. The fourth-order valence-corrected chi connectivity index (χ4v) is 3.53. The van der Waals surface area contributed by atoms with Crippen LogP contribution < -0.4 is 10.6 Å². The third-order valence-electron chi connectivity index (χ3n) is 5.49. The number of nitrogens with one attached hydrogen (secondary N) is 2. The maximum Gasteiger partial charge on any atom is 0.307 e. The summed E-state index contributed by atoms with van der Waals surface area (Å²) in [5, 5.41) is 7.21. The van der Waals surface area contributed by atoms with Gasteiger partial charge in [-0.15, -0.1) is 0 Å². The maximum atomic E-state index is 11.4. The predicted octanol–water partition coefficient (Wildman–Crippen LogP) is 5.52. The van der Waals surface area contributed by atoms with E-state index in [4.69, 9.17) is 9.47 Å². The van der Waals surface area contributed by atoms with Crippen LogP contribution in [0.3, 0.4) is 0 Å². The van der Waals surface area contributed by atoms with Gasteiger partial charge >= 0.3 is 5.97 Å². The third-order valence-corrected chi connectivity index (χ3v) is 5.49. The van der Waals surface area contributed by atoms with Crippen molar-refractivity contribution in [3.63, 3.8) is 0 Å². The Balaban J connectivity index is 1.67. The zero-order valence-corrected chi connectivity index (χ0v) is 19.8. The molecule has 3 aromatic carbocycles. The second kappa shape index (κ2) is 12.7. The van der Waals surface area contributed by atoms with Crippen molar-refractivity contribution in [1.82, 2.24) is 0 Å². The molecule has 33 heavy (non-hydrogen) atoms. The average molecular weight is 447 g/mol. The molecule has 5 nitrogen and oxygen atoms in total. The summed E-state index contributed by atoms with van der Waals surface area (Å²) in [4.78, 5) is 11.4. The van der Waals surface area contributed by atoms with Crippen molar-refractivity contribution in [2.24, 2.45) is 0 Å². The summed E-state index contributed by atoms with van der Waals surface area (Å²) in [6.07, 6.45) is 1.06. The van der Waals surface area contributed by atoms with E-state index < -0.39 is 0 Å². The Morgan fingerprint density at radius 3 is 2.09 bits per heavy atom. The number of hydrogen-bond acceptors (Lipinski definition) is 5. The third kappa shape index (κ3) is 8.28. The van der Waals surface area contributed by atoms with Gasteiger partial charge in [-0.1, -0.05) is 71.8 Å². The molecule has 0 aliphatic heterocycles. The number of carbonyl (C=O) groups excluding carboxylic acids is 1. The van der Waals surface area contributed by atoms with Gasteiger partial charge in [0.15, 0.2) is 0 Å². The van der Waals surface area contributed by atoms with E-state index in [0.29, 0.717) is 13.2 Å². The Morgan fingerprint density at radius 1 is 0.848 bits per heavy atom. The lowest BCUT2D eigenvalue weighted by Gasteiger charge is -2.23. The van der Waals surface area contributed by atoms with Crippen LogP contribution in [0.5, 0.6) is 0 Å². The Bertz CT molecular complexity index is 1000. The molecule has 1 atom stereocenters. The average Bonchev–Trinajstić information content (AvgIpc) is 2.83. The monoisotopic (exact) mass is 446 g/mol. The van der Waals surface area contributed by atoms with E-state index in [9.17, 15) is 4.79 Å². The first kappa shape index (κ1) is 24.3. The Labute approximate surface area is 197 Å². The fraction of sp³-hybridized carbons (Fsp3) is 0.321. The number of methoxy groups -OCH3 is 1. The van der Waals surface area contributed by atoms with E-state index in [1.54, 1.807) is 0 Å². The molecule has 0 bridgehead atoms. The van der Waals surface area contributed by atoms with Crippen LogP contribution >= 0.6 is 0 Å². The van der Waals surface area contributed by atoms with Gasteiger partial charge in [-0.3, -0.25) is 4.79 Å². The predicted molar refractivity (Wildman–Crippen MR) is 135 cm³/mol. The second-order valence-electron chi connectivity index (χ2n) is 8.32. The van der Waals surface area contributed by atoms with Crippen LogP contribution in [-0.2, 0) is 27.2 Å². The molecule has 0 saturated heterocycles. The molecule has 0 aliphatic rings. The van der Waals surface area contributed by atoms with Gasteiger partial charge in [0.25, 0.3) is 0 Å². The summed E-state index contributed by atoms with van der Waals surface area (Å²) in [5.74, 6) is -0.260. The number of para-hydroxylation sites is 2. The minimum Gasteiger partial charge on any atom is -0.469 e. The van der Waals surface area contributed by atoms with Crippen molar-refractivity contribution in [2.45, 2.75) is 39.3 Å². The van der Waals surface area contributed by atoms with Gasteiger partial charge < -0.3 is 20.1 Å². The van der Waals surface area contributed by atoms with E-state index in [1.165, 1.54) is 29.4 Å². The van der Waals surface area contributed by atoms with Gasteiger partial charge in [0.05, 0.1) is 44.2 Å². The van der Waals surface area contributed by atoms with Gasteiger partial charge in [-0.2, -0.15) is 0 Å². The standard InChI is InChI=1S/C28H34N2O3/c1-21-8-12-23(13-9-21)18-25(20-33-17-16-28(31)32-3)30-27-7-5-4-6-26(27)29-19-24-14-10-22(2)11-15-24/h4-15,25,29-30H,16-20H2,1-3H3. The molecule has 0 spiro atoms. The first-order valence-corrected chi connectivity index (χ1v) is 11.4. The summed E-state index contributed by atoms with van der Waals surface area (Å²) in [5.41, 5.74) is 7.03. The van der Waals surface area contributed by atoms with E-state index in [-0.39, 0.29) is 18.4 Å². The molecular weight excluding hydrogens is 412 g/mol. The Morgan fingerprint density at radius 2 is 1.45 bits per heavy atom. The summed E-state index contributed by atoms with van der Waals surface area (Å²) < 4.78 is 10.5. The van der Waals surface area contributed by atoms with E-state index in [1.807, 2.05) is 12.1 Å². The molecule has 174 valence electrons. The highest BCUT2D eigenvalue weighted by atomic mass is 16.5. The van der Waals surface area contributed by atoms with Crippen LogP contribution in [0.25, 0.3) is 0 Å². The number of carbonyl (C=O) groups is 1. The van der Waals surface area contributed by atoms with Crippen LogP contribution in [0.1, 0.15) is 28.7 Å². The molecule has 0 aliphatic carbocycles. The summed E-state index contributed by atoms with van der Waals surface area (Å²) in [6, 6.07) is 25.4. The lowest BCUT2D eigenvalue weighted by atomic mass is 10.0. The van der Waals surface area contributed by atoms with Crippen LogP contribution in [0.4, 0.5) is 11.4 Å². The molecule has 0 heterocycles. The molecular formula is C28H34N2O3. The van der Waals surface area contributed by atoms with Gasteiger partial charge in [-0.25, -0.2) is 0 Å². The van der Waals surface area contributed by atoms with Gasteiger partial charge in [0.1, 0.15) is 0 Å². The quantitative estimate of drug-likeness (QED) is 0.283. The first-order chi connectivity index (χ1) is 16.0. The molecule has 2 N–H and O–H groups in total. The van der Waals surface area contributed by atoms with Gasteiger partial charge in [0.2, 0.25) is 0 Å². The minimum atomic E-state index is -0.260. The van der Waals surface area contributed by atoms with E-state index in [0.717, 1.165) is 24.3 Å². The molecule has 0 fully saturated rings. The van der Waals surface area contributed by atoms with Crippen LogP contribution in [0.15, 0.2) is 72.8 Å². The van der Waals surface area contributed by atoms with Crippen molar-refractivity contribution >= 4 is 17.3 Å². The van der Waals surface area contributed by atoms with Crippen molar-refractivity contribution in [1.29, 1.82) is 0 Å². The maximum absolute atomic E-state index is 11.4. The number of benzene rings is 3. The summed E-state index contributed by atoms with van der Waals surface area (Å²) >= 11 is 0. The zero-order chi connectivity index (χ0) is 23.5. The smallest absolute Gasteiger partial charge is 0.307 e. The zero-order valence-electron chi connectivity index (χ0n) is 19.8. The van der Waals surface area contributed by atoms with Crippen molar-refractivity contribution in [3.05, 3.63) is 95.1 Å². The van der Waals surface area contributed by atoms with Gasteiger partial charge in [0, 0.05) is 6.54 Å². The number of ether oxygens (including phenoxy) is 2. The minimum absolute atomic E-state index is 0.0488. The highest BCUT2D eigenvalue weighted by molar-refractivity contribution is 5.69. The number of rotatable bonds is 12. The molecule has 3 rings (SSSR count). The van der Waals surface area contributed by atoms with Crippen LogP contribution in [0.2, 0.25) is 0 Å². The molecule has 0 saturated carbocycles. The Hall–Kier alpha value is -3.31. The van der Waals surface area contributed by atoms with Crippen molar-refractivity contribution < 1.29 is 14.3 Å². The highest BCUT2D eigenvalue weighted by Gasteiger charge is 2.13. The highest BCUT2D eigenvalue weighted by Crippen LogP contribution is 2.24. The second-order valence-corrected chi connectivity index (χ2v) is 8.32. The molecule has 3 aromatic rings. The normalized spacial score (nSPS) is 11.6. The molecule has 0 amide bonds. The number of aryl methyl sites for hydroxylation is 2.